The van der Waals surface area contributed by atoms with Crippen LogP contribution < -0.4 is 16.8 Å². The predicted octanol–water partition coefficient (Wildman–Crippen LogP) is 3.82. The largest absolute Gasteiger partial charge is 0.398 e. The number of anilines is 2. The van der Waals surface area contributed by atoms with E-state index in [9.17, 15) is 0 Å². The minimum absolute atomic E-state index is 0.189. The molecule has 1 unspecified atom stereocenters. The summed E-state index contributed by atoms with van der Waals surface area (Å²) in [6.45, 7) is 4.62. The average Bonchev–Trinajstić information content (AvgIpc) is 2.67. The second-order valence-corrected chi connectivity index (χ2v) is 6.71. The van der Waals surface area contributed by atoms with Crippen LogP contribution in [0.3, 0.4) is 0 Å². The lowest BCUT2D eigenvalue weighted by atomic mass is 9.97. The minimum Gasteiger partial charge on any atom is -0.398 e. The van der Waals surface area contributed by atoms with E-state index in [1.165, 1.54) is 5.56 Å². The number of hydrogen-bond donors (Lipinski definition) is 4. The number of benzene rings is 2. The van der Waals surface area contributed by atoms with Crippen LogP contribution in [0.5, 0.6) is 0 Å². The molecule has 0 fully saturated rings. The third-order valence-electron chi connectivity index (χ3n) is 4.66. The smallest absolute Gasteiger partial charge is 0.0706 e. The molecule has 1 atom stereocenters. The van der Waals surface area contributed by atoms with Gasteiger partial charge in [-0.25, -0.2) is 0 Å². The fraction of sp³-hybridized carbons (Fsp3) is 0.182. The molecule has 0 amide bonds. The van der Waals surface area contributed by atoms with E-state index in [1.807, 2.05) is 43.3 Å². The van der Waals surface area contributed by atoms with Gasteiger partial charge in [0.1, 0.15) is 0 Å². The van der Waals surface area contributed by atoms with E-state index in [-0.39, 0.29) is 6.04 Å². The van der Waals surface area contributed by atoms with Gasteiger partial charge in [0.2, 0.25) is 0 Å². The lowest BCUT2D eigenvalue weighted by Gasteiger charge is -2.17. The van der Waals surface area contributed by atoms with Crippen LogP contribution in [0.1, 0.15) is 40.9 Å². The predicted molar refractivity (Wildman–Crippen MR) is 112 cm³/mol. The van der Waals surface area contributed by atoms with E-state index in [1.54, 1.807) is 12.3 Å². The van der Waals surface area contributed by atoms with Gasteiger partial charge in [-0.05, 0) is 49.2 Å². The van der Waals surface area contributed by atoms with Crippen LogP contribution in [0, 0.1) is 12.3 Å². The normalized spacial score (nSPS) is 11.9. The van der Waals surface area contributed by atoms with Crippen LogP contribution in [-0.4, -0.2) is 10.7 Å². The molecule has 0 bridgehead atoms. The fourth-order valence-electron chi connectivity index (χ4n) is 3.03. The third kappa shape index (κ3) is 4.33. The van der Waals surface area contributed by atoms with Crippen molar-refractivity contribution in [1.82, 2.24) is 10.3 Å². The molecule has 0 radical (unpaired) electrons. The standard InChI is InChI=1S/C22H25N5/c1-14-10-17(8-9-26-14)22(25)19-11-18(20(23)12-21(19)24)13-27-15(2)16-6-4-3-5-7-16/h3-12,15,25,27H,13,23-24H2,1-2H3. The molecule has 0 spiro atoms. The Kier molecular flexibility index (Phi) is 5.52. The Labute approximate surface area is 160 Å². The van der Waals surface area contributed by atoms with Gasteiger partial charge in [-0.3, -0.25) is 10.4 Å². The number of nitrogens with zero attached hydrogens (tertiary/aromatic N) is 1. The highest BCUT2D eigenvalue weighted by Gasteiger charge is 2.13. The van der Waals surface area contributed by atoms with Gasteiger partial charge < -0.3 is 16.8 Å². The van der Waals surface area contributed by atoms with E-state index in [0.717, 1.165) is 16.8 Å². The summed E-state index contributed by atoms with van der Waals surface area (Å²) in [6, 6.07) is 17.8. The SMILES string of the molecule is Cc1cc(C(=N)c2cc(CNC(C)c3ccccc3)c(N)cc2N)ccn1. The summed E-state index contributed by atoms with van der Waals surface area (Å²) >= 11 is 0. The molecule has 0 saturated heterocycles. The molecule has 3 rings (SSSR count). The van der Waals surface area contributed by atoms with Gasteiger partial charge in [0.05, 0.1) is 5.71 Å². The second-order valence-electron chi connectivity index (χ2n) is 6.71. The molecule has 27 heavy (non-hydrogen) atoms. The van der Waals surface area contributed by atoms with Crippen molar-refractivity contribution in [2.24, 2.45) is 0 Å². The number of nitrogens with two attached hydrogens (primary N) is 2. The lowest BCUT2D eigenvalue weighted by molar-refractivity contribution is 0.575. The molecule has 0 aliphatic rings. The van der Waals surface area contributed by atoms with E-state index in [2.05, 4.69) is 29.4 Å². The summed E-state index contributed by atoms with van der Waals surface area (Å²) in [6.07, 6.45) is 1.71. The summed E-state index contributed by atoms with van der Waals surface area (Å²) < 4.78 is 0. The number of pyridine rings is 1. The van der Waals surface area contributed by atoms with Gasteiger partial charge >= 0.3 is 0 Å². The first-order valence-corrected chi connectivity index (χ1v) is 8.94. The van der Waals surface area contributed by atoms with E-state index in [0.29, 0.717) is 29.2 Å². The molecule has 3 aromatic rings. The highest BCUT2D eigenvalue weighted by atomic mass is 14.9. The van der Waals surface area contributed by atoms with Crippen LogP contribution in [0.4, 0.5) is 11.4 Å². The summed E-state index contributed by atoms with van der Waals surface area (Å²) in [5.74, 6) is 0. The zero-order valence-electron chi connectivity index (χ0n) is 15.7. The molecule has 2 aromatic carbocycles. The fourth-order valence-corrected chi connectivity index (χ4v) is 3.03. The van der Waals surface area contributed by atoms with Gasteiger partial charge in [-0.15, -0.1) is 0 Å². The molecular formula is C22H25N5. The van der Waals surface area contributed by atoms with E-state index in [4.69, 9.17) is 16.9 Å². The molecule has 1 aromatic heterocycles. The number of hydrogen-bond acceptors (Lipinski definition) is 5. The first kappa shape index (κ1) is 18.6. The van der Waals surface area contributed by atoms with Gasteiger partial charge in [0.15, 0.2) is 0 Å². The van der Waals surface area contributed by atoms with Crippen LogP contribution in [0.2, 0.25) is 0 Å². The number of aryl methyl sites for hydroxylation is 1. The maximum absolute atomic E-state index is 8.56. The number of nitrogen functional groups attached to an aromatic ring is 2. The summed E-state index contributed by atoms with van der Waals surface area (Å²) in [5, 5.41) is 12.0. The molecule has 6 N–H and O–H groups in total. The molecule has 0 aliphatic heterocycles. The maximum atomic E-state index is 8.56. The summed E-state index contributed by atoms with van der Waals surface area (Å²) in [4.78, 5) is 4.19. The topological polar surface area (TPSA) is 101 Å². The molecule has 0 aliphatic carbocycles. The Morgan fingerprint density at radius 2 is 1.81 bits per heavy atom. The Hall–Kier alpha value is -3.18. The Morgan fingerprint density at radius 1 is 1.07 bits per heavy atom. The van der Waals surface area contributed by atoms with Crippen molar-refractivity contribution in [1.29, 1.82) is 5.41 Å². The lowest BCUT2D eigenvalue weighted by Crippen LogP contribution is -2.19. The van der Waals surface area contributed by atoms with Gasteiger partial charge in [0.25, 0.3) is 0 Å². The Balaban J connectivity index is 1.83. The monoisotopic (exact) mass is 359 g/mol. The van der Waals surface area contributed by atoms with Crippen LogP contribution in [0.15, 0.2) is 60.8 Å². The first-order chi connectivity index (χ1) is 13.0. The van der Waals surface area contributed by atoms with E-state index >= 15 is 0 Å². The highest BCUT2D eigenvalue weighted by Crippen LogP contribution is 2.24. The van der Waals surface area contributed by atoms with Gasteiger partial charge in [0, 0.05) is 47.0 Å². The van der Waals surface area contributed by atoms with Crippen molar-refractivity contribution >= 4 is 17.1 Å². The molecule has 5 nitrogen and oxygen atoms in total. The van der Waals surface area contributed by atoms with Crippen molar-refractivity contribution in [3.8, 4) is 0 Å². The molecule has 0 saturated carbocycles. The van der Waals surface area contributed by atoms with Crippen molar-refractivity contribution in [2.75, 3.05) is 11.5 Å². The first-order valence-electron chi connectivity index (χ1n) is 8.94. The van der Waals surface area contributed by atoms with Crippen molar-refractivity contribution < 1.29 is 0 Å². The maximum Gasteiger partial charge on any atom is 0.0706 e. The molecule has 1 heterocycles. The number of aromatic nitrogens is 1. The Bertz CT molecular complexity index is 950. The van der Waals surface area contributed by atoms with Crippen LogP contribution >= 0.6 is 0 Å². The zero-order chi connectivity index (χ0) is 19.4. The Morgan fingerprint density at radius 3 is 2.52 bits per heavy atom. The van der Waals surface area contributed by atoms with Crippen LogP contribution in [0.25, 0.3) is 0 Å². The summed E-state index contributed by atoms with van der Waals surface area (Å²) in [5.41, 5.74) is 18.3. The van der Waals surface area contributed by atoms with Crippen LogP contribution in [-0.2, 0) is 6.54 Å². The van der Waals surface area contributed by atoms with Gasteiger partial charge in [-0.2, -0.15) is 0 Å². The number of rotatable bonds is 6. The molecular weight excluding hydrogens is 334 g/mol. The zero-order valence-corrected chi connectivity index (χ0v) is 15.7. The van der Waals surface area contributed by atoms with Crippen molar-refractivity contribution in [2.45, 2.75) is 26.4 Å². The minimum atomic E-state index is 0.189. The third-order valence-corrected chi connectivity index (χ3v) is 4.66. The quantitative estimate of drug-likeness (QED) is 0.397. The number of nitrogens with one attached hydrogen (secondary N) is 2. The molecule has 138 valence electrons. The van der Waals surface area contributed by atoms with Crippen molar-refractivity contribution in [3.05, 3.63) is 88.7 Å². The van der Waals surface area contributed by atoms with Crippen molar-refractivity contribution in [3.63, 3.8) is 0 Å². The van der Waals surface area contributed by atoms with Gasteiger partial charge in [-0.1, -0.05) is 30.3 Å². The van der Waals surface area contributed by atoms with E-state index < -0.39 is 0 Å². The average molecular weight is 359 g/mol. The second kappa shape index (κ2) is 8.01. The molecule has 5 heteroatoms. The highest BCUT2D eigenvalue weighted by molar-refractivity contribution is 6.14. The summed E-state index contributed by atoms with van der Waals surface area (Å²) in [7, 11) is 0.